The van der Waals surface area contributed by atoms with Crippen LogP contribution in [-0.2, 0) is 13.5 Å². The highest BCUT2D eigenvalue weighted by Crippen LogP contribution is 2.11. The molecule has 0 atom stereocenters. The summed E-state index contributed by atoms with van der Waals surface area (Å²) >= 11 is 0. The lowest BCUT2D eigenvalue weighted by Crippen LogP contribution is -2.09. The van der Waals surface area contributed by atoms with E-state index in [4.69, 9.17) is 0 Å². The summed E-state index contributed by atoms with van der Waals surface area (Å²) in [5.74, 6) is 0.906. The molecule has 0 aromatic carbocycles. The van der Waals surface area contributed by atoms with Crippen LogP contribution < -0.4 is 10.6 Å². The van der Waals surface area contributed by atoms with Crippen molar-refractivity contribution in [1.82, 2.24) is 14.8 Å². The van der Waals surface area contributed by atoms with Crippen molar-refractivity contribution in [1.29, 1.82) is 0 Å². The minimum atomic E-state index is 0.880. The highest BCUT2D eigenvalue weighted by atomic mass is 15.3. The average Bonchev–Trinajstić information content (AvgIpc) is 2.76. The van der Waals surface area contributed by atoms with Crippen LogP contribution >= 0.6 is 0 Å². The van der Waals surface area contributed by atoms with E-state index in [9.17, 15) is 0 Å². The standard InChI is InChI=1S/C13H19N5/c1-3-14-13-10-11(4-7-16-13)15-8-5-12-6-9-17-18(12)2/h4,6-7,9-10H,3,5,8H2,1-2H3,(H2,14,15,16). The van der Waals surface area contributed by atoms with Crippen LogP contribution in [0.1, 0.15) is 12.6 Å². The molecule has 5 heteroatoms. The van der Waals surface area contributed by atoms with Crippen molar-refractivity contribution < 1.29 is 0 Å². The van der Waals surface area contributed by atoms with E-state index < -0.39 is 0 Å². The summed E-state index contributed by atoms with van der Waals surface area (Å²) in [7, 11) is 1.96. The Balaban J connectivity index is 1.86. The van der Waals surface area contributed by atoms with Gasteiger partial charge >= 0.3 is 0 Å². The number of aromatic nitrogens is 3. The smallest absolute Gasteiger partial charge is 0.127 e. The van der Waals surface area contributed by atoms with Crippen molar-refractivity contribution in [3.63, 3.8) is 0 Å². The monoisotopic (exact) mass is 245 g/mol. The fourth-order valence-corrected chi connectivity index (χ4v) is 1.80. The molecule has 0 aliphatic heterocycles. The fourth-order valence-electron chi connectivity index (χ4n) is 1.80. The molecule has 0 saturated carbocycles. The van der Waals surface area contributed by atoms with E-state index in [0.29, 0.717) is 0 Å². The van der Waals surface area contributed by atoms with E-state index in [1.54, 1.807) is 0 Å². The second-order valence-corrected chi connectivity index (χ2v) is 4.08. The van der Waals surface area contributed by atoms with Gasteiger partial charge in [-0.25, -0.2) is 4.98 Å². The van der Waals surface area contributed by atoms with Crippen molar-refractivity contribution in [2.24, 2.45) is 7.05 Å². The summed E-state index contributed by atoms with van der Waals surface area (Å²) in [6, 6.07) is 6.04. The van der Waals surface area contributed by atoms with Crippen LogP contribution in [-0.4, -0.2) is 27.9 Å². The Hall–Kier alpha value is -2.04. The van der Waals surface area contributed by atoms with Crippen molar-refractivity contribution in [3.05, 3.63) is 36.3 Å². The van der Waals surface area contributed by atoms with E-state index in [2.05, 4.69) is 27.6 Å². The Morgan fingerprint density at radius 3 is 2.83 bits per heavy atom. The summed E-state index contributed by atoms with van der Waals surface area (Å²) in [6.45, 7) is 3.82. The molecule has 0 saturated heterocycles. The molecule has 0 radical (unpaired) electrons. The zero-order chi connectivity index (χ0) is 12.8. The quantitative estimate of drug-likeness (QED) is 0.816. The molecule has 96 valence electrons. The minimum Gasteiger partial charge on any atom is -0.385 e. The summed E-state index contributed by atoms with van der Waals surface area (Å²) in [5.41, 5.74) is 2.31. The van der Waals surface area contributed by atoms with Crippen LogP contribution in [0, 0.1) is 0 Å². The first-order valence-corrected chi connectivity index (χ1v) is 6.20. The van der Waals surface area contributed by atoms with E-state index in [-0.39, 0.29) is 0 Å². The van der Waals surface area contributed by atoms with Crippen LogP contribution in [0.25, 0.3) is 0 Å². The maximum absolute atomic E-state index is 4.24. The normalized spacial score (nSPS) is 10.3. The number of hydrogen-bond acceptors (Lipinski definition) is 4. The van der Waals surface area contributed by atoms with Crippen molar-refractivity contribution in [2.45, 2.75) is 13.3 Å². The summed E-state index contributed by atoms with van der Waals surface area (Å²) < 4.78 is 1.90. The molecule has 5 nitrogen and oxygen atoms in total. The maximum atomic E-state index is 4.24. The maximum Gasteiger partial charge on any atom is 0.127 e. The average molecular weight is 245 g/mol. The molecule has 0 unspecified atom stereocenters. The highest BCUT2D eigenvalue weighted by Gasteiger charge is 1.99. The van der Waals surface area contributed by atoms with Crippen LogP contribution in [0.15, 0.2) is 30.6 Å². The molecule has 0 spiro atoms. The molecule has 2 aromatic rings. The molecular formula is C13H19N5. The first kappa shape index (κ1) is 12.4. The fraction of sp³-hybridized carbons (Fsp3) is 0.385. The first-order chi connectivity index (χ1) is 8.79. The van der Waals surface area contributed by atoms with Crippen LogP contribution in [0.2, 0.25) is 0 Å². The summed E-state index contributed by atoms with van der Waals surface area (Å²) in [4.78, 5) is 4.24. The van der Waals surface area contributed by atoms with E-state index >= 15 is 0 Å². The third kappa shape index (κ3) is 3.23. The third-order valence-electron chi connectivity index (χ3n) is 2.75. The first-order valence-electron chi connectivity index (χ1n) is 6.20. The number of pyridine rings is 1. The van der Waals surface area contributed by atoms with Gasteiger partial charge < -0.3 is 10.6 Å². The van der Waals surface area contributed by atoms with Gasteiger partial charge in [-0.15, -0.1) is 0 Å². The Morgan fingerprint density at radius 2 is 2.11 bits per heavy atom. The van der Waals surface area contributed by atoms with Gasteiger partial charge in [0.2, 0.25) is 0 Å². The molecule has 2 aromatic heterocycles. The van der Waals surface area contributed by atoms with Crippen LogP contribution in [0.5, 0.6) is 0 Å². The number of nitrogens with one attached hydrogen (secondary N) is 2. The molecule has 0 amide bonds. The lowest BCUT2D eigenvalue weighted by atomic mass is 10.3. The topological polar surface area (TPSA) is 54.8 Å². The van der Waals surface area contributed by atoms with Gasteiger partial charge in [-0.05, 0) is 19.1 Å². The van der Waals surface area contributed by atoms with E-state index in [1.807, 2.05) is 42.3 Å². The van der Waals surface area contributed by atoms with Gasteiger partial charge in [0.05, 0.1) is 0 Å². The number of rotatable bonds is 6. The van der Waals surface area contributed by atoms with Gasteiger partial charge in [0.1, 0.15) is 5.82 Å². The number of nitrogens with zero attached hydrogens (tertiary/aromatic N) is 3. The number of aryl methyl sites for hydroxylation is 1. The van der Waals surface area contributed by atoms with Gasteiger partial charge in [-0.3, -0.25) is 4.68 Å². The Kier molecular flexibility index (Phi) is 4.17. The molecule has 2 N–H and O–H groups in total. The van der Waals surface area contributed by atoms with Crippen LogP contribution in [0.4, 0.5) is 11.5 Å². The SMILES string of the molecule is CCNc1cc(NCCc2ccnn2C)ccn1. The van der Waals surface area contributed by atoms with Crippen molar-refractivity contribution >= 4 is 11.5 Å². The predicted molar refractivity (Wildman–Crippen MR) is 73.8 cm³/mol. The largest absolute Gasteiger partial charge is 0.385 e. The van der Waals surface area contributed by atoms with Gasteiger partial charge in [0.25, 0.3) is 0 Å². The number of anilines is 2. The zero-order valence-electron chi connectivity index (χ0n) is 10.8. The summed E-state index contributed by atoms with van der Waals surface area (Å²) in [6.07, 6.45) is 4.59. The molecule has 0 aliphatic rings. The Morgan fingerprint density at radius 1 is 1.22 bits per heavy atom. The second kappa shape index (κ2) is 6.05. The minimum absolute atomic E-state index is 0.880. The molecule has 18 heavy (non-hydrogen) atoms. The second-order valence-electron chi connectivity index (χ2n) is 4.08. The number of hydrogen-bond donors (Lipinski definition) is 2. The molecule has 0 fully saturated rings. The van der Waals surface area contributed by atoms with E-state index in [1.165, 1.54) is 5.69 Å². The molecule has 2 heterocycles. The Labute approximate surface area is 107 Å². The van der Waals surface area contributed by atoms with Crippen LogP contribution in [0.3, 0.4) is 0 Å². The zero-order valence-corrected chi connectivity index (χ0v) is 10.8. The lowest BCUT2D eigenvalue weighted by molar-refractivity contribution is 0.711. The van der Waals surface area contributed by atoms with Crippen molar-refractivity contribution in [2.75, 3.05) is 23.7 Å². The lowest BCUT2D eigenvalue weighted by Gasteiger charge is -2.08. The van der Waals surface area contributed by atoms with Crippen molar-refractivity contribution in [3.8, 4) is 0 Å². The van der Waals surface area contributed by atoms with Gasteiger partial charge in [0.15, 0.2) is 0 Å². The highest BCUT2D eigenvalue weighted by molar-refractivity contribution is 5.51. The molecule has 0 bridgehead atoms. The predicted octanol–water partition coefficient (Wildman–Crippen LogP) is 1.90. The van der Waals surface area contributed by atoms with Gasteiger partial charge in [-0.2, -0.15) is 5.10 Å². The summed E-state index contributed by atoms with van der Waals surface area (Å²) in [5, 5.41) is 10.7. The third-order valence-corrected chi connectivity index (χ3v) is 2.75. The molecule has 0 aliphatic carbocycles. The Bertz CT molecular complexity index is 492. The van der Waals surface area contributed by atoms with E-state index in [0.717, 1.165) is 31.0 Å². The van der Waals surface area contributed by atoms with Gasteiger partial charge in [0, 0.05) is 56.4 Å². The molecule has 2 rings (SSSR count). The molecular weight excluding hydrogens is 226 g/mol. The van der Waals surface area contributed by atoms with Gasteiger partial charge in [-0.1, -0.05) is 0 Å².